The summed E-state index contributed by atoms with van der Waals surface area (Å²) >= 11 is 1.24. The molecule has 5 heteroatoms. The van der Waals surface area contributed by atoms with Gasteiger partial charge in [-0.25, -0.2) is 0 Å². The molecule has 0 saturated carbocycles. The summed E-state index contributed by atoms with van der Waals surface area (Å²) in [6, 6.07) is 0.332. The molecule has 0 fully saturated rings. The van der Waals surface area contributed by atoms with E-state index in [1.165, 1.54) is 49.4 Å². The smallest absolute Gasteiger partial charge is 0.253 e. The predicted molar refractivity (Wildman–Crippen MR) is 88.8 cm³/mol. The van der Waals surface area contributed by atoms with Crippen LogP contribution in [0.15, 0.2) is 6.08 Å². The summed E-state index contributed by atoms with van der Waals surface area (Å²) in [6.07, 6.45) is 11.0. The molecule has 4 nitrogen and oxygen atoms in total. The first-order valence-electron chi connectivity index (χ1n) is 8.22. The lowest BCUT2D eigenvalue weighted by atomic mass is 10.0. The van der Waals surface area contributed by atoms with Gasteiger partial charge in [0.05, 0.1) is 18.3 Å². The molecule has 118 valence electrons. The summed E-state index contributed by atoms with van der Waals surface area (Å²) in [5, 5.41) is 3.46. The molecular formula is C16H27N3OS. The van der Waals surface area contributed by atoms with E-state index in [0.29, 0.717) is 6.04 Å². The van der Waals surface area contributed by atoms with Crippen molar-refractivity contribution in [3.05, 3.63) is 11.8 Å². The van der Waals surface area contributed by atoms with Crippen LogP contribution >= 0.6 is 11.7 Å². The Kier molecular flexibility index (Phi) is 7.16. The average Bonchev–Trinajstić information content (AvgIpc) is 2.95. The second-order valence-electron chi connectivity index (χ2n) is 5.66. The minimum atomic E-state index is 0.332. The lowest BCUT2D eigenvalue weighted by Gasteiger charge is -2.21. The molecule has 21 heavy (non-hydrogen) atoms. The van der Waals surface area contributed by atoms with Crippen LogP contribution in [-0.2, 0) is 0 Å². The fourth-order valence-corrected chi connectivity index (χ4v) is 3.14. The Morgan fingerprint density at radius 2 is 2.05 bits per heavy atom. The second-order valence-corrected chi connectivity index (χ2v) is 6.19. The third-order valence-corrected chi connectivity index (χ3v) is 4.41. The largest absolute Gasteiger partial charge is 0.475 e. The summed E-state index contributed by atoms with van der Waals surface area (Å²) in [5.74, 6) is 0.718. The van der Waals surface area contributed by atoms with Gasteiger partial charge in [0.25, 0.3) is 5.88 Å². The number of aromatic nitrogens is 2. The quantitative estimate of drug-likeness (QED) is 0.699. The normalized spacial score (nSPS) is 18.6. The zero-order valence-corrected chi connectivity index (χ0v) is 14.0. The first kappa shape index (κ1) is 16.4. The summed E-state index contributed by atoms with van der Waals surface area (Å²) in [7, 11) is 0. The summed E-state index contributed by atoms with van der Waals surface area (Å²) < 4.78 is 14.6. The molecule has 0 saturated heterocycles. The van der Waals surface area contributed by atoms with Crippen molar-refractivity contribution in [2.45, 2.75) is 64.8 Å². The van der Waals surface area contributed by atoms with Crippen LogP contribution in [0.25, 0.3) is 5.57 Å². The number of nitrogens with one attached hydrogen (secondary N) is 1. The molecule has 2 heterocycles. The van der Waals surface area contributed by atoms with Gasteiger partial charge in [-0.15, -0.1) is 4.37 Å². The Hall–Kier alpha value is -0.940. The molecule has 0 spiro atoms. The number of ether oxygens (including phenoxy) is 1. The fraction of sp³-hybridized carbons (Fsp3) is 0.750. The Morgan fingerprint density at radius 1 is 1.24 bits per heavy atom. The van der Waals surface area contributed by atoms with Gasteiger partial charge < -0.3 is 10.1 Å². The Labute approximate surface area is 132 Å². The van der Waals surface area contributed by atoms with E-state index in [2.05, 4.69) is 34.0 Å². The van der Waals surface area contributed by atoms with Gasteiger partial charge in [0.2, 0.25) is 0 Å². The maximum Gasteiger partial charge on any atom is 0.253 e. The molecule has 0 aromatic carbocycles. The number of hydrogen-bond acceptors (Lipinski definition) is 5. The van der Waals surface area contributed by atoms with Crippen molar-refractivity contribution in [2.75, 3.05) is 13.2 Å². The van der Waals surface area contributed by atoms with Crippen LogP contribution in [0.3, 0.4) is 0 Å². The van der Waals surface area contributed by atoms with Gasteiger partial charge in [-0.05, 0) is 31.9 Å². The maximum atomic E-state index is 5.85. The molecule has 1 aromatic heterocycles. The third kappa shape index (κ3) is 5.08. The molecule has 0 amide bonds. The molecule has 1 unspecified atom stereocenters. The lowest BCUT2D eigenvalue weighted by Crippen LogP contribution is -2.31. The van der Waals surface area contributed by atoms with Gasteiger partial charge in [-0.1, -0.05) is 45.1 Å². The second kappa shape index (κ2) is 9.15. The summed E-state index contributed by atoms with van der Waals surface area (Å²) in [6.45, 7) is 6.20. The predicted octanol–water partition coefficient (Wildman–Crippen LogP) is 4.04. The van der Waals surface area contributed by atoms with E-state index in [4.69, 9.17) is 4.74 Å². The molecule has 1 aliphatic heterocycles. The van der Waals surface area contributed by atoms with Crippen molar-refractivity contribution in [3.8, 4) is 5.88 Å². The van der Waals surface area contributed by atoms with Crippen molar-refractivity contribution in [3.63, 3.8) is 0 Å². The molecule has 0 aliphatic carbocycles. The van der Waals surface area contributed by atoms with Crippen LogP contribution in [0.4, 0.5) is 0 Å². The van der Waals surface area contributed by atoms with Gasteiger partial charge in [0.1, 0.15) is 5.69 Å². The summed E-state index contributed by atoms with van der Waals surface area (Å²) in [5.41, 5.74) is 2.17. The van der Waals surface area contributed by atoms with Gasteiger partial charge in [0, 0.05) is 6.04 Å². The maximum absolute atomic E-state index is 5.85. The molecule has 0 radical (unpaired) electrons. The molecule has 2 rings (SSSR count). The van der Waals surface area contributed by atoms with E-state index in [1.807, 2.05) is 0 Å². The highest BCUT2D eigenvalue weighted by Crippen LogP contribution is 2.28. The first-order chi connectivity index (χ1) is 10.3. The fourth-order valence-electron chi connectivity index (χ4n) is 2.62. The van der Waals surface area contributed by atoms with E-state index in [-0.39, 0.29) is 0 Å². The van der Waals surface area contributed by atoms with E-state index in [0.717, 1.165) is 37.6 Å². The van der Waals surface area contributed by atoms with Crippen LogP contribution in [0.2, 0.25) is 0 Å². The molecule has 1 aromatic rings. The Morgan fingerprint density at radius 3 is 2.86 bits per heavy atom. The molecule has 1 N–H and O–H groups in total. The highest BCUT2D eigenvalue weighted by molar-refractivity contribution is 6.99. The molecule has 1 atom stereocenters. The average molecular weight is 309 g/mol. The molecule has 0 bridgehead atoms. The minimum absolute atomic E-state index is 0.332. The van der Waals surface area contributed by atoms with Gasteiger partial charge in [0.15, 0.2) is 0 Å². The standard InChI is InChI=1S/C16H27N3OS/c1-3-4-5-6-7-8-12-20-16-15(18-21-19-16)14-10-9-11-17-13(14)2/h10,13,17H,3-9,11-12H2,1-2H3. The van der Waals surface area contributed by atoms with Crippen molar-refractivity contribution >= 4 is 17.3 Å². The van der Waals surface area contributed by atoms with Crippen LogP contribution in [-0.4, -0.2) is 27.9 Å². The topological polar surface area (TPSA) is 47.0 Å². The highest BCUT2D eigenvalue weighted by Gasteiger charge is 2.21. The number of nitrogens with zero attached hydrogens (tertiary/aromatic N) is 2. The zero-order valence-electron chi connectivity index (χ0n) is 13.2. The van der Waals surface area contributed by atoms with Crippen molar-refractivity contribution < 1.29 is 4.74 Å². The summed E-state index contributed by atoms with van der Waals surface area (Å²) in [4.78, 5) is 0. The monoisotopic (exact) mass is 309 g/mol. The number of rotatable bonds is 9. The van der Waals surface area contributed by atoms with E-state index in [1.54, 1.807) is 0 Å². The van der Waals surface area contributed by atoms with E-state index < -0.39 is 0 Å². The van der Waals surface area contributed by atoms with Crippen LogP contribution < -0.4 is 10.1 Å². The minimum Gasteiger partial charge on any atom is -0.475 e. The lowest BCUT2D eigenvalue weighted by molar-refractivity contribution is 0.294. The SMILES string of the molecule is CCCCCCCCOc1nsnc1C1=CCCNC1C. The Balaban J connectivity index is 1.77. The zero-order chi connectivity index (χ0) is 14.9. The van der Waals surface area contributed by atoms with E-state index in [9.17, 15) is 0 Å². The van der Waals surface area contributed by atoms with Crippen molar-refractivity contribution in [2.24, 2.45) is 0 Å². The molecule has 1 aliphatic rings. The van der Waals surface area contributed by atoms with Gasteiger partial charge >= 0.3 is 0 Å². The van der Waals surface area contributed by atoms with E-state index >= 15 is 0 Å². The Bertz CT molecular complexity index is 444. The van der Waals surface area contributed by atoms with Crippen LogP contribution in [0, 0.1) is 0 Å². The number of hydrogen-bond donors (Lipinski definition) is 1. The van der Waals surface area contributed by atoms with Gasteiger partial charge in [-0.2, -0.15) is 4.37 Å². The van der Waals surface area contributed by atoms with Crippen molar-refractivity contribution in [1.29, 1.82) is 0 Å². The van der Waals surface area contributed by atoms with Crippen LogP contribution in [0.5, 0.6) is 5.88 Å². The van der Waals surface area contributed by atoms with Gasteiger partial charge in [-0.3, -0.25) is 0 Å². The van der Waals surface area contributed by atoms with Crippen LogP contribution in [0.1, 0.15) is 64.5 Å². The third-order valence-electron chi connectivity index (χ3n) is 3.89. The van der Waals surface area contributed by atoms with Crippen molar-refractivity contribution in [1.82, 2.24) is 14.1 Å². The first-order valence-corrected chi connectivity index (χ1v) is 8.95. The number of unbranched alkanes of at least 4 members (excludes halogenated alkanes) is 5. The molecular weight excluding hydrogens is 282 g/mol. The highest BCUT2D eigenvalue weighted by atomic mass is 32.1.